The van der Waals surface area contributed by atoms with Gasteiger partial charge in [0.25, 0.3) is 0 Å². The lowest BCUT2D eigenvalue weighted by molar-refractivity contribution is -0.119. The van der Waals surface area contributed by atoms with E-state index in [1.807, 2.05) is 26.0 Å². The van der Waals surface area contributed by atoms with Gasteiger partial charge >= 0.3 is 0 Å². The largest absolute Gasteiger partial charge is 0.491 e. The van der Waals surface area contributed by atoms with Gasteiger partial charge in [0.1, 0.15) is 5.75 Å². The fraction of sp³-hybridized carbons (Fsp3) is 0.435. The van der Waals surface area contributed by atoms with Crippen LogP contribution in [0.2, 0.25) is 0 Å². The molecule has 144 valence electrons. The Morgan fingerprint density at radius 2 is 1.78 bits per heavy atom. The maximum absolute atomic E-state index is 11.7. The van der Waals surface area contributed by atoms with Crippen molar-refractivity contribution in [2.75, 3.05) is 19.6 Å². The van der Waals surface area contributed by atoms with Crippen LogP contribution in [-0.4, -0.2) is 36.5 Å². The molecule has 0 aromatic heterocycles. The number of rotatable bonds is 7. The van der Waals surface area contributed by atoms with E-state index < -0.39 is 0 Å². The van der Waals surface area contributed by atoms with E-state index in [9.17, 15) is 4.79 Å². The van der Waals surface area contributed by atoms with E-state index in [-0.39, 0.29) is 18.1 Å². The number of benzene rings is 2. The lowest BCUT2D eigenvalue weighted by Crippen LogP contribution is -2.35. The average molecular weight is 367 g/mol. The summed E-state index contributed by atoms with van der Waals surface area (Å²) >= 11 is 0. The van der Waals surface area contributed by atoms with Crippen LogP contribution in [0.1, 0.15) is 45.2 Å². The second-order valence-electron chi connectivity index (χ2n) is 7.58. The van der Waals surface area contributed by atoms with Crippen molar-refractivity contribution < 1.29 is 9.53 Å². The Kier molecular flexibility index (Phi) is 6.51. The van der Waals surface area contributed by atoms with E-state index in [4.69, 9.17) is 4.74 Å². The molecule has 1 aliphatic heterocycles. The summed E-state index contributed by atoms with van der Waals surface area (Å²) in [6.07, 6.45) is 2.66. The van der Waals surface area contributed by atoms with Gasteiger partial charge in [-0.25, -0.2) is 0 Å². The van der Waals surface area contributed by atoms with Crippen LogP contribution in [0.3, 0.4) is 0 Å². The summed E-state index contributed by atoms with van der Waals surface area (Å²) < 4.78 is 5.80. The Bertz CT molecular complexity index is 749. The molecule has 1 unspecified atom stereocenters. The van der Waals surface area contributed by atoms with Gasteiger partial charge in [-0.1, -0.05) is 36.4 Å². The van der Waals surface area contributed by atoms with Crippen LogP contribution in [-0.2, 0) is 4.79 Å². The van der Waals surface area contributed by atoms with Crippen LogP contribution in [0.25, 0.3) is 11.1 Å². The Morgan fingerprint density at radius 1 is 1.07 bits per heavy atom. The number of nitrogens with one attached hydrogen (secondary N) is 1. The van der Waals surface area contributed by atoms with Crippen LogP contribution in [0, 0.1) is 0 Å². The maximum Gasteiger partial charge on any atom is 0.217 e. The van der Waals surface area contributed by atoms with Crippen molar-refractivity contribution in [3.8, 4) is 16.9 Å². The monoisotopic (exact) mass is 366 g/mol. The average Bonchev–Trinajstić information content (AvgIpc) is 3.14. The number of amides is 1. The summed E-state index contributed by atoms with van der Waals surface area (Å²) in [7, 11) is 0. The molecule has 1 aliphatic rings. The minimum atomic E-state index is 0.0156. The molecule has 0 aliphatic carbocycles. The molecule has 1 heterocycles. The quantitative estimate of drug-likeness (QED) is 0.789. The number of nitrogens with zero attached hydrogens (tertiary/aromatic N) is 1. The van der Waals surface area contributed by atoms with Gasteiger partial charge in [-0.05, 0) is 68.6 Å². The zero-order valence-corrected chi connectivity index (χ0v) is 16.6. The Balaban J connectivity index is 1.76. The van der Waals surface area contributed by atoms with E-state index in [1.54, 1.807) is 6.92 Å². The van der Waals surface area contributed by atoms with Gasteiger partial charge < -0.3 is 15.0 Å². The smallest absolute Gasteiger partial charge is 0.217 e. The van der Waals surface area contributed by atoms with Crippen molar-refractivity contribution in [3.63, 3.8) is 0 Å². The highest BCUT2D eigenvalue weighted by atomic mass is 16.5. The normalized spacial score (nSPS) is 15.7. The molecule has 1 fully saturated rings. The predicted octanol–water partition coefficient (Wildman–Crippen LogP) is 4.41. The summed E-state index contributed by atoms with van der Waals surface area (Å²) in [4.78, 5) is 14.1. The third kappa shape index (κ3) is 5.57. The lowest BCUT2D eigenvalue weighted by Gasteiger charge is -2.24. The molecule has 1 amide bonds. The Morgan fingerprint density at radius 3 is 2.41 bits per heavy atom. The zero-order valence-electron chi connectivity index (χ0n) is 16.6. The first-order chi connectivity index (χ1) is 13.0. The lowest BCUT2D eigenvalue weighted by atomic mass is 10.00. The summed E-state index contributed by atoms with van der Waals surface area (Å²) in [5.74, 6) is 0.901. The summed E-state index contributed by atoms with van der Waals surface area (Å²) in [5, 5.41) is 3.11. The number of likely N-dealkylation sites (tertiary alicyclic amines) is 1. The zero-order chi connectivity index (χ0) is 19.2. The number of carbonyl (C=O) groups excluding carboxylic acids is 1. The first kappa shape index (κ1) is 19.4. The van der Waals surface area contributed by atoms with Gasteiger partial charge in [-0.3, -0.25) is 4.79 Å². The van der Waals surface area contributed by atoms with Gasteiger partial charge in [0.2, 0.25) is 5.91 Å². The molecule has 0 radical (unpaired) electrons. The van der Waals surface area contributed by atoms with Gasteiger partial charge in [-0.15, -0.1) is 0 Å². The number of hydrogen-bond donors (Lipinski definition) is 1. The number of carbonyl (C=O) groups is 1. The third-order valence-electron chi connectivity index (χ3n) is 4.87. The molecule has 0 saturated carbocycles. The van der Waals surface area contributed by atoms with E-state index in [1.165, 1.54) is 12.8 Å². The molecule has 1 saturated heterocycles. The van der Waals surface area contributed by atoms with Crippen molar-refractivity contribution in [2.24, 2.45) is 0 Å². The minimum absolute atomic E-state index is 0.0156. The van der Waals surface area contributed by atoms with Crippen molar-refractivity contribution in [3.05, 3.63) is 54.1 Å². The fourth-order valence-electron chi connectivity index (χ4n) is 3.63. The highest BCUT2D eigenvalue weighted by Crippen LogP contribution is 2.26. The van der Waals surface area contributed by atoms with Crippen LogP contribution >= 0.6 is 0 Å². The highest BCUT2D eigenvalue weighted by molar-refractivity contribution is 5.73. The van der Waals surface area contributed by atoms with Crippen molar-refractivity contribution in [1.29, 1.82) is 0 Å². The predicted molar refractivity (Wildman–Crippen MR) is 110 cm³/mol. The standard InChI is InChI=1S/C23H30N2O2/c1-17(2)27-22-8-6-7-21(15-22)19-9-11-20(12-10-19)23(24-18(3)26)16-25-13-4-5-14-25/h6-12,15,17,23H,4-5,13-14,16H2,1-3H3,(H,24,26). The fourth-order valence-corrected chi connectivity index (χ4v) is 3.63. The van der Waals surface area contributed by atoms with Crippen LogP contribution in [0.15, 0.2) is 48.5 Å². The molecular formula is C23H30N2O2. The van der Waals surface area contributed by atoms with Crippen molar-refractivity contribution in [1.82, 2.24) is 10.2 Å². The summed E-state index contributed by atoms with van der Waals surface area (Å²) in [6, 6.07) is 16.7. The minimum Gasteiger partial charge on any atom is -0.491 e. The molecule has 0 spiro atoms. The second-order valence-corrected chi connectivity index (χ2v) is 7.58. The van der Waals surface area contributed by atoms with Crippen molar-refractivity contribution >= 4 is 5.91 Å². The molecule has 27 heavy (non-hydrogen) atoms. The van der Waals surface area contributed by atoms with E-state index in [0.29, 0.717) is 0 Å². The molecule has 4 nitrogen and oxygen atoms in total. The highest BCUT2D eigenvalue weighted by Gasteiger charge is 2.19. The SMILES string of the molecule is CC(=O)NC(CN1CCCC1)c1ccc(-c2cccc(OC(C)C)c2)cc1. The van der Waals surface area contributed by atoms with E-state index in [2.05, 4.69) is 46.6 Å². The molecule has 2 aromatic rings. The maximum atomic E-state index is 11.7. The molecule has 4 heteroatoms. The second kappa shape index (κ2) is 9.05. The molecule has 0 bridgehead atoms. The first-order valence-electron chi connectivity index (χ1n) is 9.88. The number of hydrogen-bond acceptors (Lipinski definition) is 3. The topological polar surface area (TPSA) is 41.6 Å². The molecule has 2 aromatic carbocycles. The van der Waals surface area contributed by atoms with Crippen LogP contribution in [0.4, 0.5) is 0 Å². The summed E-state index contributed by atoms with van der Waals surface area (Å²) in [6.45, 7) is 8.77. The number of ether oxygens (including phenoxy) is 1. The van der Waals surface area contributed by atoms with Gasteiger partial charge in [0.15, 0.2) is 0 Å². The Hall–Kier alpha value is -2.33. The molecular weight excluding hydrogens is 336 g/mol. The molecule has 3 rings (SSSR count). The Labute approximate surface area is 162 Å². The first-order valence-corrected chi connectivity index (χ1v) is 9.88. The van der Waals surface area contributed by atoms with Crippen LogP contribution < -0.4 is 10.1 Å². The van der Waals surface area contributed by atoms with Crippen molar-refractivity contribution in [2.45, 2.75) is 45.8 Å². The molecule has 1 N–H and O–H groups in total. The van der Waals surface area contributed by atoms with Gasteiger partial charge in [0, 0.05) is 13.5 Å². The summed E-state index contributed by atoms with van der Waals surface area (Å²) in [5.41, 5.74) is 3.43. The third-order valence-corrected chi connectivity index (χ3v) is 4.87. The van der Waals surface area contributed by atoms with Gasteiger partial charge in [0.05, 0.1) is 12.1 Å². The van der Waals surface area contributed by atoms with E-state index >= 15 is 0 Å². The van der Waals surface area contributed by atoms with Crippen LogP contribution in [0.5, 0.6) is 5.75 Å². The van der Waals surface area contributed by atoms with E-state index in [0.717, 1.165) is 42.1 Å². The van der Waals surface area contributed by atoms with Gasteiger partial charge in [-0.2, -0.15) is 0 Å². The molecule has 1 atom stereocenters.